The molecule has 0 aliphatic carbocycles. The van der Waals surface area contributed by atoms with E-state index in [1.807, 2.05) is 78.9 Å². The molecule has 0 radical (unpaired) electrons. The first kappa shape index (κ1) is 29.4. The monoisotopic (exact) mass is 714 g/mol. The van der Waals surface area contributed by atoms with Crippen molar-refractivity contribution in [2.45, 2.75) is 0 Å². The van der Waals surface area contributed by atoms with Crippen molar-refractivity contribution < 1.29 is 9.15 Å². The minimum absolute atomic E-state index is 0.518. The van der Waals surface area contributed by atoms with E-state index in [0.29, 0.717) is 17.0 Å². The maximum absolute atomic E-state index is 7.05. The predicted octanol–water partition coefficient (Wildman–Crippen LogP) is 12.1. The summed E-state index contributed by atoms with van der Waals surface area (Å²) < 4.78 is 18.9. The van der Waals surface area contributed by atoms with Crippen LogP contribution in [0, 0.1) is 0 Å². The van der Waals surface area contributed by atoms with E-state index < -0.39 is 0 Å². The van der Waals surface area contributed by atoms with Crippen molar-refractivity contribution in [3.63, 3.8) is 0 Å². The maximum atomic E-state index is 7.05. The molecule has 54 heavy (non-hydrogen) atoms. The van der Waals surface area contributed by atoms with E-state index >= 15 is 0 Å². The molecule has 0 spiro atoms. The fourth-order valence-corrected chi connectivity index (χ4v) is 8.95. The second-order valence-corrected chi connectivity index (χ2v) is 14.3. The van der Waals surface area contributed by atoms with Crippen LogP contribution >= 0.6 is 11.3 Å². The van der Waals surface area contributed by atoms with E-state index in [-0.39, 0.29) is 0 Å². The first-order chi connectivity index (χ1) is 26.8. The molecule has 9 heteroatoms. The Kier molecular flexibility index (Phi) is 6.05. The molecule has 1 aliphatic heterocycles. The number of thiazole rings is 1. The first-order valence-electron chi connectivity index (χ1n) is 17.7. The molecule has 0 atom stereocenters. The number of para-hydroxylation sites is 8. The third-order valence-electron chi connectivity index (χ3n) is 10.2. The van der Waals surface area contributed by atoms with Crippen LogP contribution in [0.25, 0.3) is 76.9 Å². The summed E-state index contributed by atoms with van der Waals surface area (Å²) in [5.41, 5.74) is 11.4. The average Bonchev–Trinajstić information content (AvgIpc) is 4.02. The van der Waals surface area contributed by atoms with Gasteiger partial charge in [-0.25, -0.2) is 15.0 Å². The van der Waals surface area contributed by atoms with E-state index in [1.54, 1.807) is 11.3 Å². The Morgan fingerprint density at radius 1 is 0.500 bits per heavy atom. The lowest BCUT2D eigenvalue weighted by atomic mass is 10.1. The minimum Gasteiger partial charge on any atom is -0.453 e. The highest BCUT2D eigenvalue weighted by molar-refractivity contribution is 7.22. The number of nitrogens with zero attached hydrogens (tertiary/aromatic N) is 6. The van der Waals surface area contributed by atoms with E-state index in [0.717, 1.165) is 88.4 Å². The summed E-state index contributed by atoms with van der Waals surface area (Å²) in [5, 5.41) is 0.889. The summed E-state index contributed by atoms with van der Waals surface area (Å²) in [7, 11) is 0. The fraction of sp³-hybridized carbons (Fsp3) is 0. The van der Waals surface area contributed by atoms with Gasteiger partial charge in [0.2, 0.25) is 11.7 Å². The quantitative estimate of drug-likeness (QED) is 0.181. The second-order valence-electron chi connectivity index (χ2n) is 13.3. The number of rotatable bonds is 4. The van der Waals surface area contributed by atoms with Crippen molar-refractivity contribution >= 4 is 77.6 Å². The molecule has 0 bridgehead atoms. The highest BCUT2D eigenvalue weighted by Crippen LogP contribution is 2.56. The third-order valence-corrected chi connectivity index (χ3v) is 11.3. The molecule has 254 valence electrons. The van der Waals surface area contributed by atoms with Gasteiger partial charge in [0.15, 0.2) is 17.1 Å². The van der Waals surface area contributed by atoms with Crippen LogP contribution in [0.15, 0.2) is 162 Å². The Labute approximate surface area is 311 Å². The van der Waals surface area contributed by atoms with E-state index in [1.165, 1.54) is 0 Å². The van der Waals surface area contributed by atoms with Crippen molar-refractivity contribution in [2.24, 2.45) is 0 Å². The van der Waals surface area contributed by atoms with Gasteiger partial charge in [0.25, 0.3) is 0 Å². The number of benzene rings is 7. The number of anilines is 3. The van der Waals surface area contributed by atoms with Gasteiger partial charge in [0, 0.05) is 11.1 Å². The molecular weight excluding hydrogens is 689 g/mol. The zero-order valence-corrected chi connectivity index (χ0v) is 29.2. The van der Waals surface area contributed by atoms with Gasteiger partial charge in [-0.1, -0.05) is 97.1 Å². The molecule has 8 nitrogen and oxygen atoms in total. The predicted molar refractivity (Wildman–Crippen MR) is 216 cm³/mol. The van der Waals surface area contributed by atoms with Gasteiger partial charge >= 0.3 is 0 Å². The van der Waals surface area contributed by atoms with Crippen molar-refractivity contribution in [1.29, 1.82) is 0 Å². The first-order valence-corrected chi connectivity index (χ1v) is 18.5. The molecule has 12 rings (SSSR count). The Hall–Kier alpha value is -7.23. The van der Waals surface area contributed by atoms with Gasteiger partial charge in [-0.15, -0.1) is 11.3 Å². The van der Waals surface area contributed by atoms with Gasteiger partial charge in [-0.3, -0.25) is 13.9 Å². The summed E-state index contributed by atoms with van der Waals surface area (Å²) in [6.45, 7) is 0. The number of oxazole rings is 1. The maximum Gasteiger partial charge on any atom is 0.227 e. The van der Waals surface area contributed by atoms with Crippen molar-refractivity contribution in [3.8, 4) is 39.2 Å². The van der Waals surface area contributed by atoms with Crippen LogP contribution in [0.2, 0.25) is 0 Å². The molecule has 5 heterocycles. The summed E-state index contributed by atoms with van der Waals surface area (Å²) >= 11 is 1.65. The number of hydrogen-bond donors (Lipinski definition) is 0. The van der Waals surface area contributed by atoms with Crippen molar-refractivity contribution in [3.05, 3.63) is 158 Å². The Bertz CT molecular complexity index is 3130. The number of ether oxygens (including phenoxy) is 1. The largest absolute Gasteiger partial charge is 0.453 e. The van der Waals surface area contributed by atoms with Gasteiger partial charge in [-0.2, -0.15) is 0 Å². The molecule has 11 aromatic rings. The van der Waals surface area contributed by atoms with Crippen LogP contribution in [0.4, 0.5) is 17.1 Å². The smallest absolute Gasteiger partial charge is 0.227 e. The van der Waals surface area contributed by atoms with E-state index in [2.05, 4.69) is 92.7 Å². The third kappa shape index (κ3) is 4.09. The van der Waals surface area contributed by atoms with Gasteiger partial charge in [-0.05, 0) is 60.7 Å². The SMILES string of the molecule is c1ccc(-c2nc3c(N4c5ccccc5Oc5ccccc54)c4sc(-c5ccccc5)nc4c(-n4c5ccccc5n5c6ccccc6nc45)c3o2)cc1. The standard InChI is InChI=1S/C45H26N6O2S/c1-3-15-27(16-4-1)43-47-37-40(49-33-23-11-13-25-35(33)52-36-26-14-12-24-34(36)49)42-38(48-44(54-42)28-17-5-2-6-18-28)39(41(37)53-43)51-32-22-10-9-21-31(32)50-30-20-8-7-19-29(30)46-45(50)51/h1-26H. The lowest BCUT2D eigenvalue weighted by Crippen LogP contribution is -2.16. The van der Waals surface area contributed by atoms with Crippen LogP contribution in [-0.4, -0.2) is 23.9 Å². The molecular formula is C45H26N6O2S. The van der Waals surface area contributed by atoms with Crippen LogP contribution < -0.4 is 9.64 Å². The summed E-state index contributed by atoms with van der Waals surface area (Å²) in [4.78, 5) is 18.4. The lowest BCUT2D eigenvalue weighted by Gasteiger charge is -2.33. The molecule has 7 aromatic carbocycles. The molecule has 4 aromatic heterocycles. The van der Waals surface area contributed by atoms with Crippen LogP contribution in [0.1, 0.15) is 0 Å². The fourth-order valence-electron chi connectivity index (χ4n) is 7.84. The van der Waals surface area contributed by atoms with Gasteiger partial charge in [0.1, 0.15) is 21.7 Å². The molecule has 0 fully saturated rings. The Morgan fingerprint density at radius 3 is 1.85 bits per heavy atom. The number of imidazole rings is 2. The molecule has 0 N–H and O–H groups in total. The number of aromatic nitrogens is 5. The average molecular weight is 715 g/mol. The molecule has 0 saturated heterocycles. The number of hydrogen-bond acceptors (Lipinski definition) is 7. The topological polar surface area (TPSA) is 73.6 Å². The Morgan fingerprint density at radius 2 is 1.11 bits per heavy atom. The van der Waals surface area contributed by atoms with Crippen LogP contribution in [0.3, 0.4) is 0 Å². The highest BCUT2D eigenvalue weighted by Gasteiger charge is 2.34. The summed E-state index contributed by atoms with van der Waals surface area (Å²) in [6, 6.07) is 53.4. The van der Waals surface area contributed by atoms with Gasteiger partial charge < -0.3 is 9.15 Å². The molecule has 0 unspecified atom stereocenters. The minimum atomic E-state index is 0.518. The second kappa shape index (κ2) is 11.1. The van der Waals surface area contributed by atoms with E-state index in [4.69, 9.17) is 24.1 Å². The van der Waals surface area contributed by atoms with Crippen LogP contribution in [-0.2, 0) is 0 Å². The van der Waals surface area contributed by atoms with Crippen LogP contribution in [0.5, 0.6) is 11.5 Å². The lowest BCUT2D eigenvalue weighted by molar-refractivity contribution is 0.477. The van der Waals surface area contributed by atoms with Crippen molar-refractivity contribution in [1.82, 2.24) is 23.9 Å². The zero-order valence-electron chi connectivity index (χ0n) is 28.4. The Balaban J connectivity index is 1.30. The van der Waals surface area contributed by atoms with Gasteiger partial charge in [0.05, 0.1) is 43.8 Å². The summed E-state index contributed by atoms with van der Waals surface area (Å²) in [5.74, 6) is 2.79. The molecule has 0 amide bonds. The normalized spacial score (nSPS) is 12.6. The van der Waals surface area contributed by atoms with Crippen molar-refractivity contribution in [2.75, 3.05) is 4.90 Å². The number of fused-ring (bicyclic) bond motifs is 9. The summed E-state index contributed by atoms with van der Waals surface area (Å²) in [6.07, 6.45) is 0. The molecule has 0 saturated carbocycles. The zero-order chi connectivity index (χ0) is 35.3. The highest BCUT2D eigenvalue weighted by atomic mass is 32.1. The van der Waals surface area contributed by atoms with E-state index in [9.17, 15) is 0 Å². The molecule has 1 aliphatic rings.